The van der Waals surface area contributed by atoms with Gasteiger partial charge in [-0.2, -0.15) is 0 Å². The lowest BCUT2D eigenvalue weighted by atomic mass is 10.1. The number of pyridine rings is 1. The molecule has 1 saturated heterocycles. The number of benzene rings is 1. The van der Waals surface area contributed by atoms with Gasteiger partial charge in [0.25, 0.3) is 0 Å². The van der Waals surface area contributed by atoms with Gasteiger partial charge in [-0.3, -0.25) is 4.79 Å². The number of anilines is 2. The van der Waals surface area contributed by atoms with Crippen LogP contribution in [0.4, 0.5) is 20.2 Å². The van der Waals surface area contributed by atoms with Gasteiger partial charge in [-0.15, -0.1) is 0 Å². The summed E-state index contributed by atoms with van der Waals surface area (Å²) in [5, 5.41) is 1.74. The van der Waals surface area contributed by atoms with Crippen molar-refractivity contribution in [3.63, 3.8) is 0 Å². The number of halogens is 2. The zero-order valence-electron chi connectivity index (χ0n) is 18.0. The Kier molecular flexibility index (Phi) is 7.34. The number of nitrogens with one attached hydrogen (secondary N) is 1. The Morgan fingerprint density at radius 1 is 1.29 bits per heavy atom. The second-order valence-corrected chi connectivity index (χ2v) is 8.24. The first-order valence-electron chi connectivity index (χ1n) is 9.86. The lowest BCUT2D eigenvalue weighted by molar-refractivity contribution is -0.115. The summed E-state index contributed by atoms with van der Waals surface area (Å²) in [5.41, 5.74) is 12.0. The van der Waals surface area contributed by atoms with Gasteiger partial charge < -0.3 is 20.8 Å². The Bertz CT molecular complexity index is 939. The smallest absolute Gasteiger partial charge is 0.238 e. The molecular weight excluding hydrogens is 424 g/mol. The molecule has 0 aliphatic carbocycles. The predicted octanol–water partition coefficient (Wildman–Crippen LogP) is 3.10. The second kappa shape index (κ2) is 9.80. The monoisotopic (exact) mass is 451 g/mol. The van der Waals surface area contributed by atoms with Gasteiger partial charge in [0.2, 0.25) is 11.0 Å². The van der Waals surface area contributed by atoms with Crippen LogP contribution in [0.25, 0.3) is 0 Å². The molecule has 1 fully saturated rings. The van der Waals surface area contributed by atoms with Crippen LogP contribution in [0.2, 0.25) is 0 Å². The van der Waals surface area contributed by atoms with Crippen LogP contribution in [0.15, 0.2) is 24.3 Å². The third-order valence-corrected chi connectivity index (χ3v) is 5.91. The van der Waals surface area contributed by atoms with E-state index in [9.17, 15) is 13.6 Å². The van der Waals surface area contributed by atoms with Crippen LogP contribution < -0.4 is 20.8 Å². The predicted molar refractivity (Wildman–Crippen MR) is 119 cm³/mol. The van der Waals surface area contributed by atoms with Gasteiger partial charge in [-0.05, 0) is 43.9 Å². The molecule has 0 spiro atoms. The van der Waals surface area contributed by atoms with E-state index in [1.807, 2.05) is 24.9 Å². The van der Waals surface area contributed by atoms with Crippen molar-refractivity contribution in [2.45, 2.75) is 25.9 Å². The van der Waals surface area contributed by atoms with Crippen molar-refractivity contribution in [2.75, 3.05) is 43.3 Å². The molecule has 0 saturated carbocycles. The van der Waals surface area contributed by atoms with Crippen LogP contribution in [-0.2, 0) is 4.79 Å². The van der Waals surface area contributed by atoms with Gasteiger partial charge in [-0.1, -0.05) is 11.8 Å². The van der Waals surface area contributed by atoms with E-state index in [1.165, 1.54) is 19.2 Å². The first-order valence-corrected chi connectivity index (χ1v) is 11.1. The van der Waals surface area contributed by atoms with E-state index in [4.69, 9.17) is 10.5 Å². The summed E-state index contributed by atoms with van der Waals surface area (Å²) in [7, 11) is 1.53. The fourth-order valence-corrected chi connectivity index (χ4v) is 4.13. The number of carbonyl (C=O) groups excluding carboxylic acids is 1. The number of carbonyl (C=O) groups is 1. The molecule has 31 heavy (non-hydrogen) atoms. The molecule has 0 bridgehead atoms. The first-order chi connectivity index (χ1) is 14.7. The Morgan fingerprint density at radius 2 is 1.97 bits per heavy atom. The summed E-state index contributed by atoms with van der Waals surface area (Å²) in [6, 6.07) is 4.48. The van der Waals surface area contributed by atoms with Gasteiger partial charge in [0.05, 0.1) is 7.11 Å². The maximum absolute atomic E-state index is 13.7. The number of ether oxygens (including phenoxy) is 1. The van der Waals surface area contributed by atoms with Crippen LogP contribution in [0.1, 0.15) is 24.2 Å². The maximum atomic E-state index is 13.7. The highest BCUT2D eigenvalue weighted by atomic mass is 32.2. The molecule has 1 aromatic carbocycles. The lowest BCUT2D eigenvalue weighted by Crippen LogP contribution is -2.58. The molecule has 2 heterocycles. The summed E-state index contributed by atoms with van der Waals surface area (Å²) in [6.07, 6.45) is 1.71. The van der Waals surface area contributed by atoms with E-state index in [0.717, 1.165) is 29.1 Å². The van der Waals surface area contributed by atoms with Gasteiger partial charge in [-0.25, -0.2) is 18.8 Å². The van der Waals surface area contributed by atoms with E-state index in [2.05, 4.69) is 10.4 Å². The Hall–Kier alpha value is -2.43. The molecular formula is C21H27F2N5O2S. The minimum absolute atomic E-state index is 0.0690. The minimum atomic E-state index is -0.651. The standard InChI is InChI=1S/C21H27F2N5O2S/c1-12(24)17-10-18(20(30-3)25-13(17)2)26-28-6-5-27(11-19(28)21(29)31-4)16-8-14(22)7-15(23)9-16/h7-10,12,19,26H,5-6,11,24H2,1-4H3. The molecule has 0 amide bonds. The number of aromatic nitrogens is 1. The molecule has 3 rings (SSSR count). The number of thioether (sulfide) groups is 1. The van der Waals surface area contributed by atoms with Crippen LogP contribution in [0.5, 0.6) is 5.88 Å². The highest BCUT2D eigenvalue weighted by molar-refractivity contribution is 8.13. The number of piperazine rings is 1. The van der Waals surface area contributed by atoms with Crippen molar-refractivity contribution in [1.29, 1.82) is 0 Å². The van der Waals surface area contributed by atoms with E-state index in [-0.39, 0.29) is 17.7 Å². The van der Waals surface area contributed by atoms with Crippen LogP contribution >= 0.6 is 11.8 Å². The van der Waals surface area contributed by atoms with Crippen molar-refractivity contribution in [1.82, 2.24) is 9.99 Å². The van der Waals surface area contributed by atoms with Gasteiger partial charge >= 0.3 is 0 Å². The molecule has 1 aliphatic heterocycles. The number of hydrogen-bond donors (Lipinski definition) is 2. The van der Waals surface area contributed by atoms with Crippen molar-refractivity contribution >= 4 is 28.3 Å². The van der Waals surface area contributed by atoms with Crippen molar-refractivity contribution in [3.8, 4) is 5.88 Å². The third kappa shape index (κ3) is 5.25. The minimum Gasteiger partial charge on any atom is -0.479 e. The summed E-state index contributed by atoms with van der Waals surface area (Å²) in [5.74, 6) is -0.906. The zero-order valence-corrected chi connectivity index (χ0v) is 18.8. The Labute approximate surface area is 184 Å². The Balaban J connectivity index is 1.88. The fourth-order valence-electron chi connectivity index (χ4n) is 3.66. The second-order valence-electron chi connectivity index (χ2n) is 7.43. The molecule has 2 unspecified atom stereocenters. The van der Waals surface area contributed by atoms with Gasteiger partial charge in [0, 0.05) is 43.1 Å². The average Bonchev–Trinajstić information content (AvgIpc) is 2.73. The maximum Gasteiger partial charge on any atom is 0.238 e. The number of hydrazine groups is 1. The summed E-state index contributed by atoms with van der Waals surface area (Å²) < 4.78 is 32.8. The Morgan fingerprint density at radius 3 is 2.55 bits per heavy atom. The SMILES string of the molecule is COc1nc(C)c(C(C)N)cc1NN1CCN(c2cc(F)cc(F)c2)CC1C(=O)SC. The summed E-state index contributed by atoms with van der Waals surface area (Å²) >= 11 is 1.11. The van der Waals surface area contributed by atoms with Crippen LogP contribution in [-0.4, -0.2) is 54.1 Å². The average molecular weight is 452 g/mol. The van der Waals surface area contributed by atoms with Crippen molar-refractivity contribution in [3.05, 3.63) is 47.2 Å². The number of nitrogens with two attached hydrogens (primary N) is 1. The molecule has 7 nitrogen and oxygen atoms in total. The van der Waals surface area contributed by atoms with E-state index < -0.39 is 17.7 Å². The van der Waals surface area contributed by atoms with Crippen LogP contribution in [0.3, 0.4) is 0 Å². The van der Waals surface area contributed by atoms with E-state index in [0.29, 0.717) is 30.3 Å². The third-order valence-electron chi connectivity index (χ3n) is 5.23. The fraction of sp³-hybridized carbons (Fsp3) is 0.429. The first kappa shape index (κ1) is 23.2. The molecule has 2 atom stereocenters. The van der Waals surface area contributed by atoms with Crippen molar-refractivity contribution in [2.24, 2.45) is 5.73 Å². The van der Waals surface area contributed by atoms with E-state index >= 15 is 0 Å². The number of aryl methyl sites for hydroxylation is 1. The van der Waals surface area contributed by atoms with Gasteiger partial charge in [0.1, 0.15) is 23.4 Å². The normalized spacial score (nSPS) is 18.0. The molecule has 2 aromatic rings. The number of nitrogens with zero attached hydrogens (tertiary/aromatic N) is 3. The van der Waals surface area contributed by atoms with E-state index in [1.54, 1.807) is 11.2 Å². The quantitative estimate of drug-likeness (QED) is 0.693. The molecule has 0 radical (unpaired) electrons. The van der Waals surface area contributed by atoms with Crippen LogP contribution in [0, 0.1) is 18.6 Å². The largest absolute Gasteiger partial charge is 0.479 e. The number of methoxy groups -OCH3 is 1. The topological polar surface area (TPSA) is 83.7 Å². The number of rotatable bonds is 6. The summed E-state index contributed by atoms with van der Waals surface area (Å²) in [6.45, 7) is 4.91. The number of hydrogen-bond acceptors (Lipinski definition) is 8. The van der Waals surface area contributed by atoms with Crippen molar-refractivity contribution < 1.29 is 18.3 Å². The molecule has 1 aliphatic rings. The molecule has 3 N–H and O–H groups in total. The zero-order chi connectivity index (χ0) is 22.7. The molecule has 1 aromatic heterocycles. The highest BCUT2D eigenvalue weighted by Gasteiger charge is 2.33. The van der Waals surface area contributed by atoms with Gasteiger partial charge in [0.15, 0.2) is 0 Å². The molecule has 168 valence electrons. The lowest BCUT2D eigenvalue weighted by Gasteiger charge is -2.41. The highest BCUT2D eigenvalue weighted by Crippen LogP contribution is 2.30. The summed E-state index contributed by atoms with van der Waals surface area (Å²) in [4.78, 5) is 19.0. The molecule has 10 heteroatoms.